The van der Waals surface area contributed by atoms with Crippen LogP contribution in [0.4, 0.5) is 11.4 Å². The maximum Gasteiger partial charge on any atom is 0.269 e. The third-order valence-corrected chi connectivity index (χ3v) is 5.49. The second-order valence-electron chi connectivity index (χ2n) is 6.08. The summed E-state index contributed by atoms with van der Waals surface area (Å²) in [6, 6.07) is 14.3. The molecule has 0 unspecified atom stereocenters. The van der Waals surface area contributed by atoms with E-state index in [4.69, 9.17) is 27.6 Å². The van der Waals surface area contributed by atoms with E-state index < -0.39 is 4.92 Å². The number of hydrogen-bond donors (Lipinski definition) is 1. The number of nitrogens with one attached hydrogen (secondary N) is 1. The van der Waals surface area contributed by atoms with Gasteiger partial charge >= 0.3 is 0 Å². The van der Waals surface area contributed by atoms with Gasteiger partial charge in [0.25, 0.3) is 11.6 Å². The molecule has 150 valence electrons. The van der Waals surface area contributed by atoms with Crippen LogP contribution < -0.4 is 5.32 Å². The Kier molecular flexibility index (Phi) is 5.63. The van der Waals surface area contributed by atoms with Crippen LogP contribution in [-0.4, -0.2) is 16.0 Å². The molecule has 30 heavy (non-hydrogen) atoms. The van der Waals surface area contributed by atoms with E-state index in [0.717, 1.165) is 11.8 Å². The van der Waals surface area contributed by atoms with Gasteiger partial charge in [0.05, 0.1) is 20.5 Å². The van der Waals surface area contributed by atoms with Crippen molar-refractivity contribution in [3.63, 3.8) is 0 Å². The molecule has 4 rings (SSSR count). The Balaban J connectivity index is 1.53. The number of carbonyl (C=O) groups excluding carboxylic acids is 1. The maximum atomic E-state index is 12.3. The number of hydrogen-bond acceptors (Lipinski definition) is 6. The topological polar surface area (TPSA) is 97.7 Å². The molecule has 1 N–H and O–H groups in total. The van der Waals surface area contributed by atoms with Crippen molar-refractivity contribution < 1.29 is 14.1 Å². The molecule has 1 fully saturated rings. The molecule has 1 aliphatic rings. The van der Waals surface area contributed by atoms with Gasteiger partial charge in [-0.25, -0.2) is 4.99 Å². The van der Waals surface area contributed by atoms with Crippen molar-refractivity contribution in [1.29, 1.82) is 0 Å². The van der Waals surface area contributed by atoms with E-state index in [1.165, 1.54) is 12.1 Å². The first-order valence-corrected chi connectivity index (χ1v) is 10.1. The van der Waals surface area contributed by atoms with Crippen LogP contribution in [0.25, 0.3) is 17.4 Å². The van der Waals surface area contributed by atoms with Crippen molar-refractivity contribution >= 4 is 63.5 Å². The fourth-order valence-corrected chi connectivity index (χ4v) is 3.89. The van der Waals surface area contributed by atoms with Crippen LogP contribution >= 0.6 is 35.0 Å². The predicted octanol–water partition coefficient (Wildman–Crippen LogP) is 6.05. The number of non-ortho nitro benzene ring substituents is 1. The van der Waals surface area contributed by atoms with Crippen LogP contribution in [0.3, 0.4) is 0 Å². The normalized spacial score (nSPS) is 16.3. The molecule has 1 aromatic heterocycles. The van der Waals surface area contributed by atoms with Gasteiger partial charge in [-0.2, -0.15) is 0 Å². The molecule has 2 aromatic carbocycles. The molecular formula is C20H11Cl2N3O4S. The number of amidine groups is 1. The van der Waals surface area contributed by atoms with Gasteiger partial charge in [0.1, 0.15) is 11.5 Å². The van der Waals surface area contributed by atoms with Gasteiger partial charge in [0.15, 0.2) is 5.17 Å². The van der Waals surface area contributed by atoms with Crippen molar-refractivity contribution in [2.45, 2.75) is 0 Å². The number of rotatable bonds is 4. The van der Waals surface area contributed by atoms with Crippen molar-refractivity contribution in [2.24, 2.45) is 4.99 Å². The maximum absolute atomic E-state index is 12.3. The van der Waals surface area contributed by atoms with Gasteiger partial charge in [-0.15, -0.1) is 0 Å². The molecule has 0 aliphatic carbocycles. The Labute approximate surface area is 184 Å². The highest BCUT2D eigenvalue weighted by atomic mass is 35.5. The monoisotopic (exact) mass is 459 g/mol. The number of halogens is 2. The zero-order valence-electron chi connectivity index (χ0n) is 15.0. The lowest BCUT2D eigenvalue weighted by Gasteiger charge is -1.99. The molecule has 2 heterocycles. The van der Waals surface area contributed by atoms with Crippen molar-refractivity contribution in [2.75, 3.05) is 0 Å². The fraction of sp³-hybridized carbons (Fsp3) is 0. The SMILES string of the molecule is O=C1NC(=Nc2ccc(Cl)cc2Cl)S/C1=C/c1ccc(-c2ccc([N+](=O)[O-])cc2)o1. The lowest BCUT2D eigenvalue weighted by atomic mass is 10.1. The van der Waals surface area contributed by atoms with Gasteiger partial charge in [0.2, 0.25) is 0 Å². The molecule has 1 aliphatic heterocycles. The highest BCUT2D eigenvalue weighted by Gasteiger charge is 2.24. The number of thioether (sulfide) groups is 1. The Morgan fingerprint density at radius 1 is 1.10 bits per heavy atom. The van der Waals surface area contributed by atoms with Crippen LogP contribution in [0.2, 0.25) is 10.0 Å². The number of furan rings is 1. The lowest BCUT2D eigenvalue weighted by Crippen LogP contribution is -2.19. The number of carbonyl (C=O) groups is 1. The van der Waals surface area contributed by atoms with E-state index in [-0.39, 0.29) is 11.6 Å². The van der Waals surface area contributed by atoms with Gasteiger partial charge < -0.3 is 9.73 Å². The van der Waals surface area contributed by atoms with E-state index in [1.807, 2.05) is 0 Å². The molecular weight excluding hydrogens is 449 g/mol. The zero-order chi connectivity index (χ0) is 21.3. The molecule has 1 amide bonds. The van der Waals surface area contributed by atoms with Crippen molar-refractivity contribution in [3.05, 3.63) is 85.4 Å². The van der Waals surface area contributed by atoms with E-state index in [2.05, 4.69) is 10.3 Å². The van der Waals surface area contributed by atoms with Gasteiger partial charge in [0, 0.05) is 28.8 Å². The number of amides is 1. The molecule has 7 nitrogen and oxygen atoms in total. The van der Waals surface area contributed by atoms with Crippen LogP contribution in [0.5, 0.6) is 0 Å². The van der Waals surface area contributed by atoms with Crippen LogP contribution in [-0.2, 0) is 4.79 Å². The average molecular weight is 460 g/mol. The molecule has 3 aromatic rings. The first-order valence-electron chi connectivity index (χ1n) is 8.48. The number of nitrogens with zero attached hydrogens (tertiary/aromatic N) is 2. The summed E-state index contributed by atoms with van der Waals surface area (Å²) in [5.74, 6) is 0.686. The van der Waals surface area contributed by atoms with E-state index in [9.17, 15) is 14.9 Å². The average Bonchev–Trinajstić information content (AvgIpc) is 3.31. The van der Waals surface area contributed by atoms with Crippen molar-refractivity contribution in [3.8, 4) is 11.3 Å². The lowest BCUT2D eigenvalue weighted by molar-refractivity contribution is -0.384. The molecule has 0 spiro atoms. The highest BCUT2D eigenvalue weighted by molar-refractivity contribution is 8.18. The Hall–Kier alpha value is -3.07. The summed E-state index contributed by atoms with van der Waals surface area (Å²) in [5, 5.41) is 14.7. The molecule has 0 radical (unpaired) electrons. The third kappa shape index (κ3) is 4.40. The summed E-state index contributed by atoms with van der Waals surface area (Å²) in [4.78, 5) is 27.3. The fourth-order valence-electron chi connectivity index (χ4n) is 2.62. The Morgan fingerprint density at radius 3 is 2.57 bits per heavy atom. The number of benzene rings is 2. The minimum Gasteiger partial charge on any atom is -0.457 e. The number of nitro groups is 1. The third-order valence-electron chi connectivity index (χ3n) is 4.05. The molecule has 0 atom stereocenters. The summed E-state index contributed by atoms with van der Waals surface area (Å²) in [5.41, 5.74) is 1.18. The van der Waals surface area contributed by atoms with Gasteiger partial charge in [-0.1, -0.05) is 23.2 Å². The van der Waals surface area contributed by atoms with Crippen LogP contribution in [0.1, 0.15) is 5.76 Å². The summed E-state index contributed by atoms with van der Waals surface area (Å²) in [6.45, 7) is 0. The molecule has 1 saturated heterocycles. The zero-order valence-corrected chi connectivity index (χ0v) is 17.3. The smallest absolute Gasteiger partial charge is 0.269 e. The Morgan fingerprint density at radius 2 is 1.87 bits per heavy atom. The summed E-state index contributed by atoms with van der Waals surface area (Å²) in [7, 11) is 0. The quantitative estimate of drug-likeness (QED) is 0.290. The van der Waals surface area contributed by atoms with E-state index in [1.54, 1.807) is 48.5 Å². The predicted molar refractivity (Wildman–Crippen MR) is 118 cm³/mol. The molecule has 0 saturated carbocycles. The number of aliphatic imine (C=N–C) groups is 1. The van der Waals surface area contributed by atoms with E-state index >= 15 is 0 Å². The minimum absolute atomic E-state index is 0.000665. The van der Waals surface area contributed by atoms with Gasteiger partial charge in [-0.3, -0.25) is 14.9 Å². The summed E-state index contributed by atoms with van der Waals surface area (Å²) >= 11 is 13.2. The van der Waals surface area contributed by atoms with Crippen LogP contribution in [0, 0.1) is 10.1 Å². The van der Waals surface area contributed by atoms with E-state index in [0.29, 0.717) is 42.9 Å². The second kappa shape index (κ2) is 8.35. The summed E-state index contributed by atoms with van der Waals surface area (Å²) < 4.78 is 5.75. The standard InChI is InChI=1S/C20H11Cl2N3O4S/c21-12-3-7-16(15(22)9-12)23-20-24-19(26)18(30-20)10-14-6-8-17(29-14)11-1-4-13(5-2-11)25(27)28/h1-10H,(H,23,24,26)/b18-10+. The molecule has 0 bridgehead atoms. The summed E-state index contributed by atoms with van der Waals surface area (Å²) in [6.07, 6.45) is 1.60. The Bertz CT molecular complexity index is 1220. The number of nitro benzene ring substituents is 1. The molecule has 10 heteroatoms. The largest absolute Gasteiger partial charge is 0.457 e. The minimum atomic E-state index is -0.464. The highest BCUT2D eigenvalue weighted by Crippen LogP contribution is 2.33. The first-order chi connectivity index (χ1) is 14.4. The van der Waals surface area contributed by atoms with Crippen molar-refractivity contribution in [1.82, 2.24) is 5.32 Å². The second-order valence-corrected chi connectivity index (χ2v) is 7.96. The van der Waals surface area contributed by atoms with Gasteiger partial charge in [-0.05, 0) is 54.2 Å². The first kappa shape index (κ1) is 20.2. The van der Waals surface area contributed by atoms with Crippen LogP contribution in [0.15, 0.2) is 68.9 Å².